The summed E-state index contributed by atoms with van der Waals surface area (Å²) in [6.07, 6.45) is 77.0. The lowest BCUT2D eigenvalue weighted by Gasteiger charge is -2.20. The van der Waals surface area contributed by atoms with Crippen LogP contribution in [-0.4, -0.2) is 47.4 Å². The number of hydrogen-bond donors (Lipinski definition) is 3. The molecule has 0 saturated carbocycles. The molecule has 0 aliphatic carbocycles. The van der Waals surface area contributed by atoms with Crippen molar-refractivity contribution < 1.29 is 24.5 Å². The molecule has 2 unspecified atom stereocenters. The van der Waals surface area contributed by atoms with Crippen molar-refractivity contribution in [3.63, 3.8) is 0 Å². The highest BCUT2D eigenvalue weighted by Gasteiger charge is 2.18. The first-order valence-corrected chi connectivity index (χ1v) is 33.5. The van der Waals surface area contributed by atoms with Crippen molar-refractivity contribution in [2.24, 2.45) is 0 Å². The van der Waals surface area contributed by atoms with Gasteiger partial charge in [-0.25, -0.2) is 0 Å². The average Bonchev–Trinajstić information content (AvgIpc) is 3.39. The molecule has 0 spiro atoms. The largest absolute Gasteiger partial charge is 0.466 e. The van der Waals surface area contributed by atoms with Gasteiger partial charge in [-0.1, -0.05) is 347 Å². The van der Waals surface area contributed by atoms with Crippen LogP contribution < -0.4 is 5.32 Å². The third kappa shape index (κ3) is 59.7. The van der Waals surface area contributed by atoms with Crippen molar-refractivity contribution in [3.8, 4) is 0 Å². The summed E-state index contributed by atoms with van der Waals surface area (Å²) in [5.41, 5.74) is 0. The molecule has 6 heteroatoms. The molecule has 1 amide bonds. The van der Waals surface area contributed by atoms with Crippen molar-refractivity contribution >= 4 is 11.9 Å². The number of hydrogen-bond acceptors (Lipinski definition) is 5. The molecular formula is C67H131NO5. The van der Waals surface area contributed by atoms with E-state index in [2.05, 4.69) is 19.2 Å². The molecule has 434 valence electrons. The van der Waals surface area contributed by atoms with Gasteiger partial charge < -0.3 is 20.3 Å². The van der Waals surface area contributed by atoms with Crippen molar-refractivity contribution in [3.05, 3.63) is 12.2 Å². The molecule has 6 nitrogen and oxygen atoms in total. The van der Waals surface area contributed by atoms with Gasteiger partial charge in [0.1, 0.15) is 0 Å². The third-order valence-corrected chi connectivity index (χ3v) is 15.8. The van der Waals surface area contributed by atoms with E-state index in [0.717, 1.165) is 38.5 Å². The number of esters is 1. The summed E-state index contributed by atoms with van der Waals surface area (Å²) in [5.74, 6) is -0.0505. The Morgan fingerprint density at radius 2 is 0.630 bits per heavy atom. The molecular weight excluding hydrogens is 899 g/mol. The first-order chi connectivity index (χ1) is 36.0. The van der Waals surface area contributed by atoms with Gasteiger partial charge in [0.15, 0.2) is 0 Å². The summed E-state index contributed by atoms with van der Waals surface area (Å²) in [4.78, 5) is 24.6. The first kappa shape index (κ1) is 71.6. The predicted molar refractivity (Wildman–Crippen MR) is 320 cm³/mol. The molecule has 0 fully saturated rings. The van der Waals surface area contributed by atoms with Gasteiger partial charge in [-0.3, -0.25) is 9.59 Å². The van der Waals surface area contributed by atoms with E-state index in [1.54, 1.807) is 6.08 Å². The van der Waals surface area contributed by atoms with Crippen LogP contribution in [0.3, 0.4) is 0 Å². The molecule has 0 aromatic heterocycles. The Bertz CT molecular complexity index is 1100. The highest BCUT2D eigenvalue weighted by molar-refractivity contribution is 5.76. The number of amides is 1. The van der Waals surface area contributed by atoms with E-state index < -0.39 is 12.1 Å². The summed E-state index contributed by atoms with van der Waals surface area (Å²) >= 11 is 0. The smallest absolute Gasteiger partial charge is 0.305 e. The number of carbonyl (C=O) groups is 2. The fourth-order valence-corrected chi connectivity index (χ4v) is 10.7. The van der Waals surface area contributed by atoms with Gasteiger partial charge in [-0.2, -0.15) is 0 Å². The maximum atomic E-state index is 12.5. The molecule has 0 aromatic rings. The van der Waals surface area contributed by atoms with E-state index in [1.165, 1.54) is 315 Å². The van der Waals surface area contributed by atoms with Crippen LogP contribution in [0.25, 0.3) is 0 Å². The van der Waals surface area contributed by atoms with Gasteiger partial charge in [0, 0.05) is 12.8 Å². The first-order valence-electron chi connectivity index (χ1n) is 33.5. The van der Waals surface area contributed by atoms with E-state index in [0.29, 0.717) is 19.4 Å². The Morgan fingerprint density at radius 3 is 0.932 bits per heavy atom. The molecule has 73 heavy (non-hydrogen) atoms. The fourth-order valence-electron chi connectivity index (χ4n) is 10.7. The highest BCUT2D eigenvalue weighted by atomic mass is 16.5. The highest BCUT2D eigenvalue weighted by Crippen LogP contribution is 2.19. The summed E-state index contributed by atoms with van der Waals surface area (Å²) in [6.45, 7) is 4.94. The van der Waals surface area contributed by atoms with Gasteiger partial charge in [-0.15, -0.1) is 0 Å². The number of nitrogens with one attached hydrogen (secondary N) is 1. The van der Waals surface area contributed by atoms with E-state index in [4.69, 9.17) is 4.74 Å². The van der Waals surface area contributed by atoms with Crippen LogP contribution in [0.1, 0.15) is 380 Å². The topological polar surface area (TPSA) is 95.9 Å². The Kier molecular flexibility index (Phi) is 61.9. The molecule has 0 saturated heterocycles. The summed E-state index contributed by atoms with van der Waals surface area (Å²) in [5, 5.41) is 23.2. The van der Waals surface area contributed by atoms with Crippen LogP contribution in [0.4, 0.5) is 0 Å². The van der Waals surface area contributed by atoms with Crippen LogP contribution in [0.5, 0.6) is 0 Å². The molecule has 0 bridgehead atoms. The van der Waals surface area contributed by atoms with E-state index in [-0.39, 0.29) is 18.5 Å². The number of carbonyl (C=O) groups excluding carboxylic acids is 2. The minimum atomic E-state index is -0.845. The van der Waals surface area contributed by atoms with Gasteiger partial charge in [0.2, 0.25) is 5.91 Å². The Morgan fingerprint density at radius 1 is 0.370 bits per heavy atom. The van der Waals surface area contributed by atoms with Crippen molar-refractivity contribution in [2.45, 2.75) is 392 Å². The fraction of sp³-hybridized carbons (Fsp3) is 0.940. The van der Waals surface area contributed by atoms with Crippen LogP contribution in [0.2, 0.25) is 0 Å². The number of aliphatic hydroxyl groups is 2. The van der Waals surface area contributed by atoms with Gasteiger partial charge in [0.05, 0.1) is 25.4 Å². The number of unbranched alkanes of at least 4 members (excludes halogenated alkanes) is 52. The zero-order valence-corrected chi connectivity index (χ0v) is 49.6. The zero-order valence-electron chi connectivity index (χ0n) is 49.6. The number of aliphatic hydroxyl groups excluding tert-OH is 2. The quantitative estimate of drug-likeness (QED) is 0.0320. The van der Waals surface area contributed by atoms with E-state index >= 15 is 0 Å². The van der Waals surface area contributed by atoms with E-state index in [9.17, 15) is 19.8 Å². The lowest BCUT2D eigenvalue weighted by Crippen LogP contribution is -2.45. The normalized spacial score (nSPS) is 12.5. The molecule has 0 aromatic carbocycles. The Labute approximate surface area is 457 Å². The van der Waals surface area contributed by atoms with Crippen LogP contribution in [-0.2, 0) is 14.3 Å². The standard InChI is InChI=1S/C67H131NO5/c1-3-5-7-9-11-13-15-17-18-19-20-21-23-26-29-32-36-39-43-47-51-55-59-65(70)64(63-69)68-66(71)60-56-52-48-44-40-37-33-30-27-24-22-25-28-31-34-38-42-46-50-54-58-62-73-67(72)61-57-53-49-45-41-35-16-14-12-10-8-6-4-2/h55,59,64-65,69-70H,3-54,56-58,60-63H2,1-2H3,(H,68,71)/b59-55+. The second-order valence-electron chi connectivity index (χ2n) is 23.2. The maximum Gasteiger partial charge on any atom is 0.305 e. The van der Waals surface area contributed by atoms with Gasteiger partial charge in [-0.05, 0) is 32.1 Å². The average molecular weight is 1030 g/mol. The number of allylic oxidation sites excluding steroid dienone is 1. The number of ether oxygens (including phenoxy) is 1. The Hall–Kier alpha value is -1.40. The van der Waals surface area contributed by atoms with Crippen LogP contribution in [0, 0.1) is 0 Å². The maximum absolute atomic E-state index is 12.5. The summed E-state index contributed by atoms with van der Waals surface area (Å²) in [7, 11) is 0. The molecule has 3 N–H and O–H groups in total. The third-order valence-electron chi connectivity index (χ3n) is 15.8. The molecule has 0 radical (unpaired) electrons. The SMILES string of the molecule is CCCCCCCCCCCCCCCCCCCCCC/C=C/C(O)C(CO)NC(=O)CCCCCCCCCCCCCCCCCCCCCCCOC(=O)CCCCCCCCCCCCCCC. The van der Waals surface area contributed by atoms with E-state index in [1.807, 2.05) is 6.08 Å². The predicted octanol–water partition coefficient (Wildman–Crippen LogP) is 21.2. The van der Waals surface area contributed by atoms with Gasteiger partial charge >= 0.3 is 5.97 Å². The molecule has 0 rings (SSSR count). The summed E-state index contributed by atoms with van der Waals surface area (Å²) in [6, 6.07) is -0.629. The van der Waals surface area contributed by atoms with Crippen molar-refractivity contribution in [1.82, 2.24) is 5.32 Å². The second kappa shape index (κ2) is 63.1. The molecule has 0 aliphatic heterocycles. The van der Waals surface area contributed by atoms with Crippen LogP contribution in [0.15, 0.2) is 12.2 Å². The van der Waals surface area contributed by atoms with Gasteiger partial charge in [0.25, 0.3) is 0 Å². The monoisotopic (exact) mass is 1030 g/mol. The minimum absolute atomic E-state index is 0.0139. The number of rotatable bonds is 63. The van der Waals surface area contributed by atoms with Crippen molar-refractivity contribution in [1.29, 1.82) is 0 Å². The Balaban J connectivity index is 3.41. The zero-order chi connectivity index (χ0) is 52.9. The van der Waals surface area contributed by atoms with Crippen LogP contribution >= 0.6 is 0 Å². The van der Waals surface area contributed by atoms with Crippen molar-refractivity contribution in [2.75, 3.05) is 13.2 Å². The molecule has 0 aliphatic rings. The minimum Gasteiger partial charge on any atom is -0.466 e. The lowest BCUT2D eigenvalue weighted by atomic mass is 10.0. The second-order valence-corrected chi connectivity index (χ2v) is 23.2. The molecule has 0 heterocycles. The lowest BCUT2D eigenvalue weighted by molar-refractivity contribution is -0.143. The molecule has 2 atom stereocenters. The summed E-state index contributed by atoms with van der Waals surface area (Å²) < 4.78 is 5.48.